The van der Waals surface area contributed by atoms with Gasteiger partial charge in [-0.15, -0.1) is 12.4 Å². The molecule has 0 radical (unpaired) electrons. The number of carbonyl (C=O) groups excluding carboxylic acids is 1. The molecule has 0 unspecified atom stereocenters. The fourth-order valence-corrected chi connectivity index (χ4v) is 1.90. The van der Waals surface area contributed by atoms with Gasteiger partial charge in [-0.25, -0.2) is 0 Å². The van der Waals surface area contributed by atoms with E-state index in [0.29, 0.717) is 5.56 Å². The van der Waals surface area contributed by atoms with E-state index in [1.807, 2.05) is 61.3 Å². The van der Waals surface area contributed by atoms with E-state index in [1.165, 1.54) is 0 Å². The Morgan fingerprint density at radius 2 is 1.64 bits per heavy atom. The molecule has 0 aliphatic rings. The van der Waals surface area contributed by atoms with Gasteiger partial charge in [0.2, 0.25) is 0 Å². The maximum atomic E-state index is 12.0. The first-order chi connectivity index (χ1) is 10.1. The Morgan fingerprint density at radius 3 is 2.18 bits per heavy atom. The number of aliphatic imine (C=N–C) groups is 1. The fourth-order valence-electron chi connectivity index (χ4n) is 1.90. The number of halogens is 1. The molecule has 4 nitrogen and oxygen atoms in total. The molecule has 1 N–H and O–H groups in total. The third-order valence-electron chi connectivity index (χ3n) is 3.36. The maximum absolute atomic E-state index is 12.0. The highest BCUT2D eigenvalue weighted by Gasteiger charge is 2.06. The van der Waals surface area contributed by atoms with Gasteiger partial charge in [0.15, 0.2) is 0 Å². The molecule has 0 heterocycles. The van der Waals surface area contributed by atoms with Crippen molar-refractivity contribution in [3.05, 3.63) is 60.2 Å². The van der Waals surface area contributed by atoms with Gasteiger partial charge < -0.3 is 10.2 Å². The summed E-state index contributed by atoms with van der Waals surface area (Å²) in [6.07, 6.45) is 0. The van der Waals surface area contributed by atoms with E-state index in [4.69, 9.17) is 0 Å². The molecule has 0 saturated carbocycles. The number of nitrogens with one attached hydrogen (secondary N) is 1. The molecule has 5 heteroatoms. The van der Waals surface area contributed by atoms with E-state index in [2.05, 4.69) is 10.3 Å². The summed E-state index contributed by atoms with van der Waals surface area (Å²) >= 11 is 0. The third kappa shape index (κ3) is 4.33. The highest BCUT2D eigenvalue weighted by Crippen LogP contribution is 2.18. The second-order valence-electron chi connectivity index (χ2n) is 4.70. The van der Waals surface area contributed by atoms with Crippen molar-refractivity contribution >= 4 is 35.5 Å². The molecule has 0 aromatic heterocycles. The molecule has 0 fully saturated rings. The van der Waals surface area contributed by atoms with Crippen LogP contribution in [0.3, 0.4) is 0 Å². The van der Waals surface area contributed by atoms with Crippen molar-refractivity contribution in [2.45, 2.75) is 6.92 Å². The van der Waals surface area contributed by atoms with Crippen molar-refractivity contribution in [1.82, 2.24) is 0 Å². The number of benzene rings is 2. The molecular weight excluding hydrogens is 298 g/mol. The second kappa shape index (κ2) is 8.20. The lowest BCUT2D eigenvalue weighted by molar-refractivity contribution is 0.102. The SMILES string of the molecule is CN=C(C)N(C)c1ccc(NC(=O)c2ccccc2)cc1.Cl. The van der Waals surface area contributed by atoms with Crippen molar-refractivity contribution < 1.29 is 4.79 Å². The Morgan fingerprint density at radius 1 is 1.05 bits per heavy atom. The van der Waals surface area contributed by atoms with Crippen molar-refractivity contribution in [2.24, 2.45) is 4.99 Å². The molecule has 116 valence electrons. The van der Waals surface area contributed by atoms with Crippen LogP contribution in [-0.4, -0.2) is 25.8 Å². The molecule has 0 spiro atoms. The van der Waals surface area contributed by atoms with Gasteiger partial charge in [-0.05, 0) is 43.3 Å². The maximum Gasteiger partial charge on any atom is 0.255 e. The summed E-state index contributed by atoms with van der Waals surface area (Å²) in [5, 5.41) is 2.88. The van der Waals surface area contributed by atoms with E-state index in [-0.39, 0.29) is 18.3 Å². The highest BCUT2D eigenvalue weighted by atomic mass is 35.5. The summed E-state index contributed by atoms with van der Waals surface area (Å²) in [5.41, 5.74) is 2.44. The van der Waals surface area contributed by atoms with Crippen molar-refractivity contribution in [3.8, 4) is 0 Å². The number of amides is 1. The summed E-state index contributed by atoms with van der Waals surface area (Å²) in [4.78, 5) is 18.2. The van der Waals surface area contributed by atoms with Crippen LogP contribution in [0.1, 0.15) is 17.3 Å². The summed E-state index contributed by atoms with van der Waals surface area (Å²) in [5.74, 6) is 0.819. The van der Waals surface area contributed by atoms with Gasteiger partial charge in [0.05, 0.1) is 5.84 Å². The zero-order valence-electron chi connectivity index (χ0n) is 12.9. The van der Waals surface area contributed by atoms with Gasteiger partial charge >= 0.3 is 0 Å². The normalized spacial score (nSPS) is 10.6. The van der Waals surface area contributed by atoms with Crippen molar-refractivity contribution in [2.75, 3.05) is 24.3 Å². The number of carbonyl (C=O) groups is 1. The lowest BCUT2D eigenvalue weighted by Gasteiger charge is -2.18. The van der Waals surface area contributed by atoms with E-state index in [9.17, 15) is 4.79 Å². The molecular formula is C17H20ClN3O. The molecule has 1 amide bonds. The smallest absolute Gasteiger partial charge is 0.255 e. The van der Waals surface area contributed by atoms with Gasteiger partial charge in [0.1, 0.15) is 0 Å². The zero-order valence-corrected chi connectivity index (χ0v) is 13.7. The van der Waals surface area contributed by atoms with Crippen LogP contribution in [0, 0.1) is 0 Å². The van der Waals surface area contributed by atoms with Gasteiger partial charge in [-0.2, -0.15) is 0 Å². The van der Waals surface area contributed by atoms with Crippen LogP contribution in [0.5, 0.6) is 0 Å². The third-order valence-corrected chi connectivity index (χ3v) is 3.36. The predicted molar refractivity (Wildman–Crippen MR) is 95.5 cm³/mol. The summed E-state index contributed by atoms with van der Waals surface area (Å²) < 4.78 is 0. The van der Waals surface area contributed by atoms with Crippen LogP contribution >= 0.6 is 12.4 Å². The molecule has 0 atom stereocenters. The Balaban J connectivity index is 0.00000242. The molecule has 22 heavy (non-hydrogen) atoms. The molecule has 0 saturated heterocycles. The van der Waals surface area contributed by atoms with Crippen molar-refractivity contribution in [1.29, 1.82) is 0 Å². The first-order valence-corrected chi connectivity index (χ1v) is 6.75. The van der Waals surface area contributed by atoms with Crippen LogP contribution < -0.4 is 10.2 Å². The average molecular weight is 318 g/mol. The molecule has 2 aromatic carbocycles. The van der Waals surface area contributed by atoms with Gasteiger partial charge in [-0.3, -0.25) is 9.79 Å². The minimum Gasteiger partial charge on any atom is -0.334 e. The Hall–Kier alpha value is -2.33. The first-order valence-electron chi connectivity index (χ1n) is 6.75. The van der Waals surface area contributed by atoms with Crippen LogP contribution in [0.25, 0.3) is 0 Å². The minimum atomic E-state index is -0.108. The van der Waals surface area contributed by atoms with E-state index in [1.54, 1.807) is 19.2 Å². The first kappa shape index (κ1) is 17.7. The van der Waals surface area contributed by atoms with E-state index < -0.39 is 0 Å². The average Bonchev–Trinajstić information content (AvgIpc) is 2.55. The van der Waals surface area contributed by atoms with Gasteiger partial charge in [0, 0.05) is 31.0 Å². The molecule has 0 aliphatic heterocycles. The fraction of sp³-hybridized carbons (Fsp3) is 0.176. The molecule has 0 bridgehead atoms. The molecule has 0 aliphatic carbocycles. The van der Waals surface area contributed by atoms with E-state index in [0.717, 1.165) is 17.2 Å². The standard InChI is InChI=1S/C17H19N3O.ClH/c1-13(18-2)20(3)16-11-9-15(10-12-16)19-17(21)14-7-5-4-6-8-14;/h4-12H,1-3H3,(H,19,21);1H. The number of anilines is 2. The molecule has 2 aromatic rings. The van der Waals surface area contributed by atoms with Crippen LogP contribution in [-0.2, 0) is 0 Å². The van der Waals surface area contributed by atoms with Crippen LogP contribution in [0.15, 0.2) is 59.6 Å². The summed E-state index contributed by atoms with van der Waals surface area (Å²) in [7, 11) is 3.72. The summed E-state index contributed by atoms with van der Waals surface area (Å²) in [6, 6.07) is 16.8. The quantitative estimate of drug-likeness (QED) is 0.690. The number of amidine groups is 1. The number of hydrogen-bond acceptors (Lipinski definition) is 2. The summed E-state index contributed by atoms with van der Waals surface area (Å²) in [6.45, 7) is 1.95. The monoisotopic (exact) mass is 317 g/mol. The Labute approximate surface area is 137 Å². The highest BCUT2D eigenvalue weighted by molar-refractivity contribution is 6.04. The van der Waals surface area contributed by atoms with Gasteiger partial charge in [0.25, 0.3) is 5.91 Å². The zero-order chi connectivity index (χ0) is 15.2. The number of rotatable bonds is 3. The lowest BCUT2D eigenvalue weighted by atomic mass is 10.2. The van der Waals surface area contributed by atoms with E-state index >= 15 is 0 Å². The topological polar surface area (TPSA) is 44.7 Å². The van der Waals surface area contributed by atoms with Crippen LogP contribution in [0.2, 0.25) is 0 Å². The predicted octanol–water partition coefficient (Wildman–Crippen LogP) is 3.85. The number of nitrogens with zero attached hydrogens (tertiary/aromatic N) is 2. The van der Waals surface area contributed by atoms with Crippen molar-refractivity contribution in [3.63, 3.8) is 0 Å². The number of hydrogen-bond donors (Lipinski definition) is 1. The molecule has 2 rings (SSSR count). The minimum absolute atomic E-state index is 0. The second-order valence-corrected chi connectivity index (χ2v) is 4.70. The van der Waals surface area contributed by atoms with Crippen LogP contribution in [0.4, 0.5) is 11.4 Å². The largest absolute Gasteiger partial charge is 0.334 e. The lowest BCUT2D eigenvalue weighted by Crippen LogP contribution is -2.23. The Bertz CT molecular complexity index is 639. The van der Waals surface area contributed by atoms with Gasteiger partial charge in [-0.1, -0.05) is 18.2 Å². The Kier molecular flexibility index (Phi) is 6.60.